The molecular formula is C13H23NO3S. The fourth-order valence-electron chi connectivity index (χ4n) is 2.03. The van der Waals surface area contributed by atoms with Gasteiger partial charge in [0.1, 0.15) is 0 Å². The van der Waals surface area contributed by atoms with Crippen LogP contribution in [0.1, 0.15) is 32.6 Å². The van der Waals surface area contributed by atoms with Crippen LogP contribution in [-0.4, -0.2) is 48.5 Å². The van der Waals surface area contributed by atoms with Crippen LogP contribution >= 0.6 is 11.8 Å². The Bertz CT molecular complexity index is 275. The number of rotatable bonds is 6. The van der Waals surface area contributed by atoms with E-state index in [2.05, 4.69) is 6.92 Å². The lowest BCUT2D eigenvalue weighted by atomic mass is 9.97. The topological polar surface area (TPSA) is 46.6 Å². The summed E-state index contributed by atoms with van der Waals surface area (Å²) in [5.74, 6) is 1.68. The Kier molecular flexibility index (Phi) is 7.16. The average molecular weight is 273 g/mol. The molecule has 1 fully saturated rings. The van der Waals surface area contributed by atoms with Gasteiger partial charge in [-0.1, -0.05) is 13.3 Å². The van der Waals surface area contributed by atoms with Crippen molar-refractivity contribution in [2.45, 2.75) is 32.6 Å². The fourth-order valence-corrected chi connectivity index (χ4v) is 3.02. The quantitative estimate of drug-likeness (QED) is 0.548. The maximum absolute atomic E-state index is 11.9. The summed E-state index contributed by atoms with van der Waals surface area (Å²) in [5, 5.41) is 0. The standard InChI is InChI=1S/C13H23NO3S/c1-3-4-9-18-10-12(15)14-7-5-11(6-8-14)13(16)17-2/h11H,3-10H2,1-2H3. The molecule has 0 spiro atoms. The number of methoxy groups -OCH3 is 1. The summed E-state index contributed by atoms with van der Waals surface area (Å²) in [6, 6.07) is 0. The maximum Gasteiger partial charge on any atom is 0.308 e. The van der Waals surface area contributed by atoms with Crippen LogP contribution in [0.25, 0.3) is 0 Å². The van der Waals surface area contributed by atoms with Crippen LogP contribution in [0.4, 0.5) is 0 Å². The van der Waals surface area contributed by atoms with Crippen molar-refractivity contribution < 1.29 is 14.3 Å². The minimum atomic E-state index is -0.139. The molecule has 1 heterocycles. The van der Waals surface area contributed by atoms with Gasteiger partial charge in [-0.3, -0.25) is 9.59 Å². The van der Waals surface area contributed by atoms with Crippen LogP contribution in [-0.2, 0) is 14.3 Å². The number of esters is 1. The van der Waals surface area contributed by atoms with Crippen molar-refractivity contribution in [1.82, 2.24) is 4.90 Å². The number of hydrogen-bond acceptors (Lipinski definition) is 4. The number of hydrogen-bond donors (Lipinski definition) is 0. The van der Waals surface area contributed by atoms with Crippen LogP contribution in [0.2, 0.25) is 0 Å². The fraction of sp³-hybridized carbons (Fsp3) is 0.846. The lowest BCUT2D eigenvalue weighted by Gasteiger charge is -2.30. The summed E-state index contributed by atoms with van der Waals surface area (Å²) < 4.78 is 4.73. The number of amides is 1. The van der Waals surface area contributed by atoms with Gasteiger partial charge < -0.3 is 9.64 Å². The minimum absolute atomic E-state index is 0.0215. The van der Waals surface area contributed by atoms with Gasteiger partial charge in [0.05, 0.1) is 18.8 Å². The Morgan fingerprint density at radius 2 is 2.00 bits per heavy atom. The number of ether oxygens (including phenoxy) is 1. The lowest BCUT2D eigenvalue weighted by molar-refractivity contribution is -0.148. The summed E-state index contributed by atoms with van der Waals surface area (Å²) in [6.45, 7) is 3.53. The van der Waals surface area contributed by atoms with E-state index in [4.69, 9.17) is 4.74 Å². The van der Waals surface area contributed by atoms with E-state index in [1.165, 1.54) is 20.0 Å². The van der Waals surface area contributed by atoms with Crippen LogP contribution in [0.3, 0.4) is 0 Å². The van der Waals surface area contributed by atoms with Crippen LogP contribution in [0.15, 0.2) is 0 Å². The highest BCUT2D eigenvalue weighted by molar-refractivity contribution is 7.99. The third-order valence-corrected chi connectivity index (χ3v) is 4.28. The molecule has 0 aromatic heterocycles. The summed E-state index contributed by atoms with van der Waals surface area (Å²) in [6.07, 6.45) is 3.81. The molecule has 0 unspecified atom stereocenters. The molecule has 0 bridgehead atoms. The van der Waals surface area contributed by atoms with E-state index in [0.717, 1.165) is 18.6 Å². The lowest BCUT2D eigenvalue weighted by Crippen LogP contribution is -2.41. The second-order valence-electron chi connectivity index (χ2n) is 4.58. The predicted molar refractivity (Wildman–Crippen MR) is 73.6 cm³/mol. The Labute approximate surface area is 113 Å². The molecular weight excluding hydrogens is 250 g/mol. The Morgan fingerprint density at radius 3 is 2.56 bits per heavy atom. The number of carbonyl (C=O) groups is 2. The van der Waals surface area contributed by atoms with E-state index in [1.54, 1.807) is 11.8 Å². The van der Waals surface area contributed by atoms with Gasteiger partial charge in [0.2, 0.25) is 5.91 Å². The van der Waals surface area contributed by atoms with E-state index >= 15 is 0 Å². The van der Waals surface area contributed by atoms with Crippen molar-refractivity contribution in [2.75, 3.05) is 31.7 Å². The molecule has 1 aliphatic heterocycles. The van der Waals surface area contributed by atoms with Crippen molar-refractivity contribution in [3.05, 3.63) is 0 Å². The van der Waals surface area contributed by atoms with Crippen LogP contribution in [0.5, 0.6) is 0 Å². The molecule has 0 saturated carbocycles. The third kappa shape index (κ3) is 4.88. The van der Waals surface area contributed by atoms with Gasteiger partial charge in [0, 0.05) is 13.1 Å². The molecule has 1 rings (SSSR count). The molecule has 0 radical (unpaired) electrons. The van der Waals surface area contributed by atoms with Crippen molar-refractivity contribution in [2.24, 2.45) is 5.92 Å². The first kappa shape index (κ1) is 15.3. The molecule has 1 aliphatic rings. The molecule has 0 aromatic carbocycles. The molecule has 0 aromatic rings. The Hall–Kier alpha value is -0.710. The van der Waals surface area contributed by atoms with Crippen molar-refractivity contribution in [3.63, 3.8) is 0 Å². The van der Waals surface area contributed by atoms with Crippen molar-refractivity contribution in [3.8, 4) is 0 Å². The second-order valence-corrected chi connectivity index (χ2v) is 5.69. The van der Waals surface area contributed by atoms with Gasteiger partial charge >= 0.3 is 5.97 Å². The van der Waals surface area contributed by atoms with E-state index in [1.807, 2.05) is 4.90 Å². The van der Waals surface area contributed by atoms with Crippen molar-refractivity contribution >= 4 is 23.6 Å². The zero-order valence-corrected chi connectivity index (χ0v) is 12.1. The van der Waals surface area contributed by atoms with Crippen LogP contribution < -0.4 is 0 Å². The van der Waals surface area contributed by atoms with Gasteiger partial charge in [0.25, 0.3) is 0 Å². The van der Waals surface area contributed by atoms with Gasteiger partial charge in [0.15, 0.2) is 0 Å². The average Bonchev–Trinajstić information content (AvgIpc) is 2.42. The Morgan fingerprint density at radius 1 is 1.33 bits per heavy atom. The van der Waals surface area contributed by atoms with E-state index in [0.29, 0.717) is 18.8 Å². The summed E-state index contributed by atoms with van der Waals surface area (Å²) in [5.41, 5.74) is 0. The van der Waals surface area contributed by atoms with E-state index in [9.17, 15) is 9.59 Å². The zero-order chi connectivity index (χ0) is 13.4. The molecule has 0 aliphatic carbocycles. The van der Waals surface area contributed by atoms with Crippen LogP contribution in [0, 0.1) is 5.92 Å². The zero-order valence-electron chi connectivity index (χ0n) is 11.3. The Balaban J connectivity index is 2.21. The molecule has 5 heteroatoms. The first-order valence-corrected chi connectivity index (χ1v) is 7.77. The maximum atomic E-state index is 11.9. The molecule has 4 nitrogen and oxygen atoms in total. The minimum Gasteiger partial charge on any atom is -0.469 e. The van der Waals surface area contributed by atoms with Crippen molar-refractivity contribution in [1.29, 1.82) is 0 Å². The molecule has 18 heavy (non-hydrogen) atoms. The number of likely N-dealkylation sites (tertiary alicyclic amines) is 1. The summed E-state index contributed by atoms with van der Waals surface area (Å²) in [4.78, 5) is 25.1. The number of nitrogens with zero attached hydrogens (tertiary/aromatic N) is 1. The highest BCUT2D eigenvalue weighted by Crippen LogP contribution is 2.19. The number of unbranched alkanes of at least 4 members (excludes halogenated alkanes) is 1. The molecule has 1 amide bonds. The largest absolute Gasteiger partial charge is 0.469 e. The summed E-state index contributed by atoms with van der Waals surface area (Å²) in [7, 11) is 1.42. The first-order chi connectivity index (χ1) is 8.69. The van der Waals surface area contributed by atoms with E-state index < -0.39 is 0 Å². The van der Waals surface area contributed by atoms with E-state index in [-0.39, 0.29) is 17.8 Å². The van der Waals surface area contributed by atoms with Gasteiger partial charge in [-0.05, 0) is 25.0 Å². The molecule has 0 atom stereocenters. The highest BCUT2D eigenvalue weighted by atomic mass is 32.2. The first-order valence-electron chi connectivity index (χ1n) is 6.62. The summed E-state index contributed by atoms with van der Waals surface area (Å²) >= 11 is 1.71. The number of piperidine rings is 1. The highest BCUT2D eigenvalue weighted by Gasteiger charge is 2.27. The molecule has 104 valence electrons. The molecule has 0 N–H and O–H groups in total. The smallest absolute Gasteiger partial charge is 0.308 e. The second kappa shape index (κ2) is 8.40. The van der Waals surface area contributed by atoms with Gasteiger partial charge in [-0.2, -0.15) is 11.8 Å². The normalized spacial score (nSPS) is 16.7. The monoisotopic (exact) mass is 273 g/mol. The number of carbonyl (C=O) groups excluding carboxylic acids is 2. The molecule has 1 saturated heterocycles. The SMILES string of the molecule is CCCCSCC(=O)N1CCC(C(=O)OC)CC1. The predicted octanol–water partition coefficient (Wildman–Crippen LogP) is 1.93. The third-order valence-electron chi connectivity index (χ3n) is 3.25. The van der Waals surface area contributed by atoms with Gasteiger partial charge in [-0.25, -0.2) is 0 Å². The number of thioether (sulfide) groups is 1. The van der Waals surface area contributed by atoms with Gasteiger partial charge in [-0.15, -0.1) is 0 Å².